The highest BCUT2D eigenvalue weighted by atomic mass is 16.2. The van der Waals surface area contributed by atoms with E-state index in [1.165, 1.54) is 4.57 Å². The van der Waals surface area contributed by atoms with E-state index in [0.29, 0.717) is 5.95 Å². The summed E-state index contributed by atoms with van der Waals surface area (Å²) >= 11 is 0. The summed E-state index contributed by atoms with van der Waals surface area (Å²) in [6.07, 6.45) is 0. The van der Waals surface area contributed by atoms with Crippen molar-refractivity contribution in [3.63, 3.8) is 0 Å². The highest BCUT2D eigenvalue weighted by Crippen LogP contribution is 2.04. The lowest BCUT2D eigenvalue weighted by atomic mass is 10.1. The first-order valence-corrected chi connectivity index (χ1v) is 6.31. The van der Waals surface area contributed by atoms with Crippen LogP contribution in [0.4, 0.5) is 5.95 Å². The van der Waals surface area contributed by atoms with Crippen LogP contribution in [-0.4, -0.2) is 28.2 Å². The molecule has 0 atom stereocenters. The summed E-state index contributed by atoms with van der Waals surface area (Å²) in [7, 11) is 5.09. The van der Waals surface area contributed by atoms with Crippen molar-refractivity contribution in [1.29, 1.82) is 0 Å². The number of anilines is 1. The van der Waals surface area contributed by atoms with Crippen LogP contribution in [0.3, 0.4) is 0 Å². The van der Waals surface area contributed by atoms with Gasteiger partial charge in [0.15, 0.2) is 0 Å². The van der Waals surface area contributed by atoms with Crippen molar-refractivity contribution in [2.24, 2.45) is 7.05 Å². The molecule has 0 fully saturated rings. The van der Waals surface area contributed by atoms with Crippen LogP contribution in [0, 0.1) is 6.92 Å². The minimum absolute atomic E-state index is 0.229. The maximum atomic E-state index is 12.2. The normalized spacial score (nSPS) is 10.6. The molecule has 6 nitrogen and oxygen atoms in total. The maximum Gasteiger partial charge on any atom is 0.355 e. The van der Waals surface area contributed by atoms with Gasteiger partial charge in [-0.2, -0.15) is 4.98 Å². The molecule has 0 aliphatic rings. The van der Waals surface area contributed by atoms with Gasteiger partial charge in [-0.15, -0.1) is 0 Å². The van der Waals surface area contributed by atoms with Gasteiger partial charge in [-0.1, -0.05) is 29.8 Å². The molecular weight excluding hydrogens is 256 g/mol. The highest BCUT2D eigenvalue weighted by molar-refractivity contribution is 5.26. The van der Waals surface area contributed by atoms with Crippen molar-refractivity contribution >= 4 is 5.95 Å². The first kappa shape index (κ1) is 14.0. The highest BCUT2D eigenvalue weighted by Gasteiger charge is 2.11. The molecule has 0 unspecified atom stereocenters. The summed E-state index contributed by atoms with van der Waals surface area (Å²) in [5.74, 6) is 0.347. The molecule has 6 heteroatoms. The Bertz CT molecular complexity index is 726. The molecule has 0 amide bonds. The average molecular weight is 274 g/mol. The van der Waals surface area contributed by atoms with Crippen molar-refractivity contribution in [1.82, 2.24) is 14.1 Å². The minimum Gasteiger partial charge on any atom is -0.348 e. The first-order chi connectivity index (χ1) is 9.40. The summed E-state index contributed by atoms with van der Waals surface area (Å²) in [5, 5.41) is 0. The Balaban J connectivity index is 2.48. The van der Waals surface area contributed by atoms with E-state index in [1.807, 2.05) is 31.2 Å². The van der Waals surface area contributed by atoms with E-state index in [9.17, 15) is 9.59 Å². The van der Waals surface area contributed by atoms with Crippen molar-refractivity contribution in [2.75, 3.05) is 19.0 Å². The Morgan fingerprint density at radius 3 is 2.30 bits per heavy atom. The van der Waals surface area contributed by atoms with Crippen LogP contribution in [0.2, 0.25) is 0 Å². The Labute approximate surface area is 116 Å². The summed E-state index contributed by atoms with van der Waals surface area (Å²) in [4.78, 5) is 29.8. The second-order valence-electron chi connectivity index (χ2n) is 5.00. The molecule has 1 aromatic carbocycles. The predicted octanol–water partition coefficient (Wildman–Crippen LogP) is 0.365. The Morgan fingerprint density at radius 1 is 1.15 bits per heavy atom. The molecule has 0 spiro atoms. The average Bonchev–Trinajstić information content (AvgIpc) is 2.40. The summed E-state index contributed by atoms with van der Waals surface area (Å²) in [6.45, 7) is 2.22. The lowest BCUT2D eigenvalue weighted by Crippen LogP contribution is -2.43. The molecule has 1 heterocycles. The van der Waals surface area contributed by atoms with Gasteiger partial charge in [0.2, 0.25) is 5.95 Å². The molecule has 0 bridgehead atoms. The Hall–Kier alpha value is -2.37. The van der Waals surface area contributed by atoms with E-state index in [4.69, 9.17) is 0 Å². The summed E-state index contributed by atoms with van der Waals surface area (Å²) < 4.78 is 2.51. The molecule has 2 aromatic rings. The van der Waals surface area contributed by atoms with Gasteiger partial charge in [0.1, 0.15) is 0 Å². The molecule has 1 aromatic heterocycles. The quantitative estimate of drug-likeness (QED) is 0.811. The number of rotatable bonds is 3. The van der Waals surface area contributed by atoms with Crippen molar-refractivity contribution in [3.8, 4) is 0 Å². The van der Waals surface area contributed by atoms with Gasteiger partial charge >= 0.3 is 11.4 Å². The molecule has 0 saturated carbocycles. The van der Waals surface area contributed by atoms with Gasteiger partial charge < -0.3 is 4.90 Å². The standard InChI is InChI=1S/C14H18N4O2/c1-10-5-7-11(8-6-10)9-18-13(19)15-12(16(2)3)17(4)14(18)20/h5-8H,9H2,1-4H3. The van der Waals surface area contributed by atoms with E-state index in [2.05, 4.69) is 4.98 Å². The largest absolute Gasteiger partial charge is 0.355 e. The second kappa shape index (κ2) is 5.32. The van der Waals surface area contributed by atoms with Crippen molar-refractivity contribution < 1.29 is 0 Å². The van der Waals surface area contributed by atoms with Crippen LogP contribution in [-0.2, 0) is 13.6 Å². The molecule has 0 aliphatic heterocycles. The zero-order chi connectivity index (χ0) is 14.9. The van der Waals surface area contributed by atoms with E-state index >= 15 is 0 Å². The van der Waals surface area contributed by atoms with Crippen molar-refractivity contribution in [2.45, 2.75) is 13.5 Å². The molecule has 2 rings (SSSR count). The lowest BCUT2D eigenvalue weighted by molar-refractivity contribution is 0.603. The fourth-order valence-electron chi connectivity index (χ4n) is 1.98. The molecule has 0 aliphatic carbocycles. The number of benzene rings is 1. The van der Waals surface area contributed by atoms with E-state index in [1.54, 1.807) is 26.0 Å². The van der Waals surface area contributed by atoms with Gasteiger partial charge in [0.25, 0.3) is 0 Å². The van der Waals surface area contributed by atoms with Crippen LogP contribution < -0.4 is 16.3 Å². The van der Waals surface area contributed by atoms with Crippen LogP contribution >= 0.6 is 0 Å². The van der Waals surface area contributed by atoms with Gasteiger partial charge in [-0.3, -0.25) is 4.57 Å². The molecular formula is C14H18N4O2. The first-order valence-electron chi connectivity index (χ1n) is 6.31. The second-order valence-corrected chi connectivity index (χ2v) is 5.00. The van der Waals surface area contributed by atoms with Gasteiger partial charge in [-0.25, -0.2) is 14.2 Å². The third kappa shape index (κ3) is 2.64. The predicted molar refractivity (Wildman–Crippen MR) is 78.3 cm³/mol. The summed E-state index contributed by atoms with van der Waals surface area (Å²) in [6, 6.07) is 7.71. The monoisotopic (exact) mass is 274 g/mol. The minimum atomic E-state index is -0.530. The van der Waals surface area contributed by atoms with Crippen LogP contribution in [0.5, 0.6) is 0 Å². The zero-order valence-electron chi connectivity index (χ0n) is 12.1. The molecule has 0 radical (unpaired) electrons. The van der Waals surface area contributed by atoms with E-state index in [-0.39, 0.29) is 12.2 Å². The zero-order valence-corrected chi connectivity index (χ0v) is 12.1. The van der Waals surface area contributed by atoms with Crippen LogP contribution in [0.15, 0.2) is 33.9 Å². The van der Waals surface area contributed by atoms with E-state index < -0.39 is 5.69 Å². The van der Waals surface area contributed by atoms with E-state index in [0.717, 1.165) is 15.7 Å². The molecule has 0 saturated heterocycles. The SMILES string of the molecule is Cc1ccc(Cn2c(=O)nc(N(C)C)n(C)c2=O)cc1. The van der Waals surface area contributed by atoms with Gasteiger partial charge in [0.05, 0.1) is 6.54 Å². The third-order valence-electron chi connectivity index (χ3n) is 3.11. The fourth-order valence-corrected chi connectivity index (χ4v) is 1.98. The fraction of sp³-hybridized carbons (Fsp3) is 0.357. The maximum absolute atomic E-state index is 12.2. The smallest absolute Gasteiger partial charge is 0.348 e. The number of hydrogen-bond acceptors (Lipinski definition) is 4. The summed E-state index contributed by atoms with van der Waals surface area (Å²) in [5.41, 5.74) is 1.14. The number of nitrogens with zero attached hydrogens (tertiary/aromatic N) is 4. The Kier molecular flexibility index (Phi) is 3.74. The number of aromatic nitrogens is 3. The van der Waals surface area contributed by atoms with Gasteiger partial charge in [-0.05, 0) is 12.5 Å². The number of aryl methyl sites for hydroxylation is 1. The van der Waals surface area contributed by atoms with Crippen LogP contribution in [0.25, 0.3) is 0 Å². The van der Waals surface area contributed by atoms with Gasteiger partial charge in [0, 0.05) is 21.1 Å². The van der Waals surface area contributed by atoms with Crippen molar-refractivity contribution in [3.05, 3.63) is 56.4 Å². The topological polar surface area (TPSA) is 60.1 Å². The molecule has 106 valence electrons. The molecule has 20 heavy (non-hydrogen) atoms. The number of hydrogen-bond donors (Lipinski definition) is 0. The Morgan fingerprint density at radius 2 is 1.75 bits per heavy atom. The molecule has 0 N–H and O–H groups in total. The lowest BCUT2D eigenvalue weighted by Gasteiger charge is -2.16. The third-order valence-corrected chi connectivity index (χ3v) is 3.11. The van der Waals surface area contributed by atoms with Crippen LogP contribution in [0.1, 0.15) is 11.1 Å².